The second-order valence-electron chi connectivity index (χ2n) is 6.99. The standard InChI is InChI=1S/C23H21N3O2S/c1-14-7-6-8-15(2)21(14)25-23(28)24-16-11-12-20-18(13-16)26(3)22(27)17-9-4-5-10-19(17)29-20/h4-13H,1-3H3,(H2,24,25,28). The second kappa shape index (κ2) is 7.64. The van der Waals surface area contributed by atoms with Gasteiger partial charge in [0, 0.05) is 28.2 Å². The van der Waals surface area contributed by atoms with E-state index in [4.69, 9.17) is 0 Å². The zero-order valence-electron chi connectivity index (χ0n) is 16.4. The van der Waals surface area contributed by atoms with Gasteiger partial charge in [0.2, 0.25) is 0 Å². The van der Waals surface area contributed by atoms with Gasteiger partial charge in [0.15, 0.2) is 0 Å². The molecule has 1 heterocycles. The summed E-state index contributed by atoms with van der Waals surface area (Å²) in [4.78, 5) is 28.9. The lowest BCUT2D eigenvalue weighted by Crippen LogP contribution is -2.26. The van der Waals surface area contributed by atoms with Gasteiger partial charge in [-0.15, -0.1) is 0 Å². The summed E-state index contributed by atoms with van der Waals surface area (Å²) in [5.74, 6) is -0.0658. The number of carbonyl (C=O) groups excluding carboxylic acids is 2. The van der Waals surface area contributed by atoms with Gasteiger partial charge < -0.3 is 15.5 Å². The van der Waals surface area contributed by atoms with Crippen molar-refractivity contribution in [2.24, 2.45) is 0 Å². The third-order valence-corrected chi connectivity index (χ3v) is 6.08. The van der Waals surface area contributed by atoms with Crippen LogP contribution in [0.15, 0.2) is 70.5 Å². The number of carbonyl (C=O) groups is 2. The Morgan fingerprint density at radius 2 is 1.62 bits per heavy atom. The van der Waals surface area contributed by atoms with E-state index in [9.17, 15) is 9.59 Å². The first-order valence-electron chi connectivity index (χ1n) is 9.27. The van der Waals surface area contributed by atoms with Gasteiger partial charge in [-0.05, 0) is 55.3 Å². The molecule has 0 unspecified atom stereocenters. The molecular formula is C23H21N3O2S. The molecule has 0 spiro atoms. The summed E-state index contributed by atoms with van der Waals surface area (Å²) in [6.07, 6.45) is 0. The molecule has 0 bridgehead atoms. The van der Waals surface area contributed by atoms with Crippen LogP contribution in [0, 0.1) is 13.8 Å². The first-order chi connectivity index (χ1) is 13.9. The minimum absolute atomic E-state index is 0.0658. The van der Waals surface area contributed by atoms with Crippen LogP contribution in [-0.2, 0) is 0 Å². The number of hydrogen-bond donors (Lipinski definition) is 2. The maximum absolute atomic E-state index is 12.9. The van der Waals surface area contributed by atoms with E-state index in [1.807, 2.05) is 74.5 Å². The molecule has 1 aliphatic heterocycles. The zero-order valence-corrected chi connectivity index (χ0v) is 17.3. The molecule has 4 rings (SSSR count). The Bertz CT molecular complexity index is 1110. The fourth-order valence-electron chi connectivity index (χ4n) is 3.37. The van der Waals surface area contributed by atoms with Crippen molar-refractivity contribution in [3.8, 4) is 0 Å². The number of amides is 3. The first kappa shape index (κ1) is 19.1. The van der Waals surface area contributed by atoms with E-state index in [1.165, 1.54) is 0 Å². The first-order valence-corrected chi connectivity index (χ1v) is 10.1. The van der Waals surface area contributed by atoms with E-state index < -0.39 is 0 Å². The second-order valence-corrected chi connectivity index (χ2v) is 8.07. The van der Waals surface area contributed by atoms with E-state index in [0.717, 1.165) is 32.3 Å². The summed E-state index contributed by atoms with van der Waals surface area (Å²) >= 11 is 1.55. The molecule has 5 nitrogen and oxygen atoms in total. The summed E-state index contributed by atoms with van der Waals surface area (Å²) in [6, 6.07) is 18.8. The van der Waals surface area contributed by atoms with Crippen LogP contribution in [0.25, 0.3) is 0 Å². The normalized spacial score (nSPS) is 12.7. The molecule has 3 amide bonds. The van der Waals surface area contributed by atoms with Crippen molar-refractivity contribution < 1.29 is 9.59 Å². The van der Waals surface area contributed by atoms with Crippen molar-refractivity contribution in [3.05, 3.63) is 77.4 Å². The van der Waals surface area contributed by atoms with Crippen LogP contribution >= 0.6 is 11.8 Å². The monoisotopic (exact) mass is 403 g/mol. The highest BCUT2D eigenvalue weighted by Crippen LogP contribution is 2.41. The van der Waals surface area contributed by atoms with Crippen molar-refractivity contribution in [1.29, 1.82) is 0 Å². The SMILES string of the molecule is Cc1cccc(C)c1NC(=O)Nc1ccc2c(c1)N(C)C(=O)c1ccccc1S2. The molecule has 3 aromatic rings. The quantitative estimate of drug-likeness (QED) is 0.578. The molecule has 6 heteroatoms. The molecule has 0 fully saturated rings. The highest BCUT2D eigenvalue weighted by atomic mass is 32.2. The number of nitrogens with zero attached hydrogens (tertiary/aromatic N) is 1. The maximum Gasteiger partial charge on any atom is 0.323 e. The zero-order chi connectivity index (χ0) is 20.5. The number of urea groups is 1. The largest absolute Gasteiger partial charge is 0.323 e. The van der Waals surface area contributed by atoms with Crippen LogP contribution in [0.5, 0.6) is 0 Å². The number of hydrogen-bond acceptors (Lipinski definition) is 3. The van der Waals surface area contributed by atoms with Gasteiger partial charge in [0.05, 0.1) is 11.3 Å². The van der Waals surface area contributed by atoms with E-state index >= 15 is 0 Å². The summed E-state index contributed by atoms with van der Waals surface area (Å²) in [5.41, 5.74) is 4.87. The van der Waals surface area contributed by atoms with Gasteiger partial charge in [0.25, 0.3) is 5.91 Å². The number of nitrogens with one attached hydrogen (secondary N) is 2. The lowest BCUT2D eigenvalue weighted by molar-refractivity contribution is 0.0990. The van der Waals surface area contributed by atoms with Gasteiger partial charge >= 0.3 is 6.03 Å². The van der Waals surface area contributed by atoms with Crippen LogP contribution in [0.1, 0.15) is 21.5 Å². The van der Waals surface area contributed by atoms with Crippen molar-refractivity contribution in [2.45, 2.75) is 23.6 Å². The Morgan fingerprint density at radius 1 is 0.897 bits per heavy atom. The van der Waals surface area contributed by atoms with E-state index in [2.05, 4.69) is 10.6 Å². The highest BCUT2D eigenvalue weighted by Gasteiger charge is 2.24. The predicted octanol–water partition coefficient (Wildman–Crippen LogP) is 5.69. The molecule has 0 aliphatic carbocycles. The topological polar surface area (TPSA) is 61.4 Å². The van der Waals surface area contributed by atoms with Crippen LogP contribution in [0.4, 0.5) is 21.9 Å². The van der Waals surface area contributed by atoms with Gasteiger partial charge in [-0.1, -0.05) is 42.1 Å². The summed E-state index contributed by atoms with van der Waals surface area (Å²) < 4.78 is 0. The number of fused-ring (bicyclic) bond motifs is 2. The Labute approximate surface area is 174 Å². The highest BCUT2D eigenvalue weighted by molar-refractivity contribution is 7.99. The van der Waals surface area contributed by atoms with Crippen LogP contribution < -0.4 is 15.5 Å². The van der Waals surface area contributed by atoms with E-state index in [-0.39, 0.29) is 11.9 Å². The summed E-state index contributed by atoms with van der Waals surface area (Å²) in [7, 11) is 1.75. The summed E-state index contributed by atoms with van der Waals surface area (Å²) in [5, 5.41) is 5.79. The van der Waals surface area contributed by atoms with Crippen LogP contribution in [-0.4, -0.2) is 19.0 Å². The molecule has 0 saturated heterocycles. The minimum Gasteiger partial charge on any atom is -0.310 e. The number of anilines is 3. The van der Waals surface area contributed by atoms with Gasteiger partial charge in [-0.25, -0.2) is 4.79 Å². The van der Waals surface area contributed by atoms with Gasteiger partial charge in [0.1, 0.15) is 0 Å². The molecule has 146 valence electrons. The third-order valence-electron chi connectivity index (χ3n) is 4.94. The fraction of sp³-hybridized carbons (Fsp3) is 0.130. The molecule has 0 atom stereocenters. The van der Waals surface area contributed by atoms with Gasteiger partial charge in [-0.3, -0.25) is 4.79 Å². The molecule has 0 radical (unpaired) electrons. The summed E-state index contributed by atoms with van der Waals surface area (Å²) in [6.45, 7) is 3.92. The number of para-hydroxylation sites is 1. The van der Waals surface area contributed by atoms with Crippen molar-refractivity contribution in [3.63, 3.8) is 0 Å². The molecule has 0 aromatic heterocycles. The van der Waals surface area contributed by atoms with Gasteiger partial charge in [-0.2, -0.15) is 0 Å². The number of aryl methyl sites for hydroxylation is 2. The number of benzene rings is 3. The van der Waals surface area contributed by atoms with Crippen LogP contribution in [0.3, 0.4) is 0 Å². The minimum atomic E-state index is -0.319. The van der Waals surface area contributed by atoms with Crippen LogP contribution in [0.2, 0.25) is 0 Å². The average Bonchev–Trinajstić information content (AvgIpc) is 2.81. The number of rotatable bonds is 2. The maximum atomic E-state index is 12.9. The third kappa shape index (κ3) is 3.71. The lowest BCUT2D eigenvalue weighted by atomic mass is 10.1. The average molecular weight is 404 g/mol. The molecule has 29 heavy (non-hydrogen) atoms. The Morgan fingerprint density at radius 3 is 2.38 bits per heavy atom. The molecule has 1 aliphatic rings. The predicted molar refractivity (Wildman–Crippen MR) is 118 cm³/mol. The Hall–Kier alpha value is -3.25. The molecule has 3 aromatic carbocycles. The fourth-order valence-corrected chi connectivity index (χ4v) is 4.46. The van der Waals surface area contributed by atoms with Crippen molar-refractivity contribution in [2.75, 3.05) is 22.6 Å². The lowest BCUT2D eigenvalue weighted by Gasteiger charge is -2.19. The van der Waals surface area contributed by atoms with Crippen molar-refractivity contribution >= 4 is 40.8 Å². The molecule has 2 N–H and O–H groups in total. The molecule has 0 saturated carbocycles. The van der Waals surface area contributed by atoms with E-state index in [1.54, 1.807) is 23.7 Å². The smallest absolute Gasteiger partial charge is 0.310 e. The van der Waals surface area contributed by atoms with E-state index in [0.29, 0.717) is 11.3 Å². The van der Waals surface area contributed by atoms with Crippen molar-refractivity contribution in [1.82, 2.24) is 0 Å². The Balaban J connectivity index is 1.59. The Kier molecular flexibility index (Phi) is 5.03. The molecular weight excluding hydrogens is 382 g/mol.